The Balaban J connectivity index is 2.40. The second kappa shape index (κ2) is 16.7. The summed E-state index contributed by atoms with van der Waals surface area (Å²) in [6.45, 7) is 9.94. The summed E-state index contributed by atoms with van der Waals surface area (Å²) in [6, 6.07) is 6.93. The molecule has 2 nitrogen and oxygen atoms in total. The van der Waals surface area contributed by atoms with Crippen molar-refractivity contribution in [2.75, 3.05) is 13.2 Å². The van der Waals surface area contributed by atoms with E-state index in [-0.39, 0.29) is 5.82 Å². The number of aryl methyl sites for hydroxylation is 1. The molecule has 0 N–H and O–H groups in total. The van der Waals surface area contributed by atoms with Crippen molar-refractivity contribution in [3.05, 3.63) is 35.6 Å². The minimum Gasteiger partial charge on any atom is -0.350 e. The number of benzene rings is 1. The molecule has 1 rings (SSSR count). The number of rotatable bonds is 19. The van der Waals surface area contributed by atoms with Crippen LogP contribution in [0.5, 0.6) is 0 Å². The van der Waals surface area contributed by atoms with Crippen molar-refractivity contribution in [3.8, 4) is 0 Å². The zero-order valence-corrected chi connectivity index (χ0v) is 20.2. The van der Waals surface area contributed by atoms with Crippen LogP contribution in [0.1, 0.15) is 110 Å². The maximum atomic E-state index is 13.0. The van der Waals surface area contributed by atoms with Gasteiger partial charge in [-0.25, -0.2) is 4.39 Å². The molecular weight excluding hydrogens is 375 g/mol. The molecule has 3 heteroatoms. The minimum atomic E-state index is -0.457. The van der Waals surface area contributed by atoms with Gasteiger partial charge in [-0.05, 0) is 64.2 Å². The molecule has 0 heterocycles. The quantitative estimate of drug-likeness (QED) is 0.164. The van der Waals surface area contributed by atoms with Crippen molar-refractivity contribution >= 4 is 0 Å². The van der Waals surface area contributed by atoms with Crippen LogP contribution >= 0.6 is 0 Å². The van der Waals surface area contributed by atoms with E-state index in [4.69, 9.17) is 9.47 Å². The fourth-order valence-corrected chi connectivity index (χ4v) is 4.41. The summed E-state index contributed by atoms with van der Waals surface area (Å²) in [5.74, 6) is -0.149. The van der Waals surface area contributed by atoms with Crippen molar-refractivity contribution in [2.24, 2.45) is 5.92 Å². The molecule has 1 atom stereocenters. The summed E-state index contributed by atoms with van der Waals surface area (Å²) in [5.41, 5.74) is 1.23. The van der Waals surface area contributed by atoms with E-state index in [9.17, 15) is 4.39 Å². The number of hydrogen-bond acceptors (Lipinski definition) is 2. The van der Waals surface area contributed by atoms with Crippen molar-refractivity contribution in [1.29, 1.82) is 0 Å². The summed E-state index contributed by atoms with van der Waals surface area (Å²) < 4.78 is 25.2. The van der Waals surface area contributed by atoms with Crippen molar-refractivity contribution < 1.29 is 13.9 Å². The topological polar surface area (TPSA) is 18.5 Å². The predicted octanol–water partition coefficient (Wildman–Crippen LogP) is 8.47. The van der Waals surface area contributed by atoms with Crippen LogP contribution in [0, 0.1) is 11.7 Å². The zero-order chi connectivity index (χ0) is 22.1. The first-order valence-corrected chi connectivity index (χ1v) is 12.6. The zero-order valence-electron chi connectivity index (χ0n) is 20.2. The highest BCUT2D eigenvalue weighted by Crippen LogP contribution is 2.33. The average molecular weight is 423 g/mol. The molecule has 1 aromatic carbocycles. The van der Waals surface area contributed by atoms with Crippen molar-refractivity contribution in [3.63, 3.8) is 0 Å². The molecule has 0 aliphatic rings. The summed E-state index contributed by atoms with van der Waals surface area (Å²) >= 11 is 0. The predicted molar refractivity (Wildman–Crippen MR) is 126 cm³/mol. The fraction of sp³-hybridized carbons (Fsp3) is 0.778. The van der Waals surface area contributed by atoms with Gasteiger partial charge in [-0.15, -0.1) is 0 Å². The molecule has 0 saturated carbocycles. The van der Waals surface area contributed by atoms with Gasteiger partial charge in [0.2, 0.25) is 0 Å². The Hall–Kier alpha value is -0.930. The van der Waals surface area contributed by atoms with Gasteiger partial charge < -0.3 is 9.47 Å². The van der Waals surface area contributed by atoms with E-state index in [0.717, 1.165) is 6.42 Å². The maximum absolute atomic E-state index is 13.0. The van der Waals surface area contributed by atoms with Crippen LogP contribution in [-0.2, 0) is 15.9 Å². The lowest BCUT2D eigenvalue weighted by Crippen LogP contribution is -2.41. The summed E-state index contributed by atoms with van der Waals surface area (Å²) in [7, 11) is 0. The first kappa shape index (κ1) is 27.1. The number of halogens is 1. The molecule has 0 aromatic heterocycles. The van der Waals surface area contributed by atoms with Gasteiger partial charge in [0.25, 0.3) is 0 Å². The molecule has 30 heavy (non-hydrogen) atoms. The van der Waals surface area contributed by atoms with E-state index in [1.165, 1.54) is 82.6 Å². The number of unbranched alkanes of at least 4 members (excludes halogenated alkanes) is 8. The van der Waals surface area contributed by atoms with Crippen molar-refractivity contribution in [2.45, 2.75) is 117 Å². The van der Waals surface area contributed by atoms with Gasteiger partial charge in [0.15, 0.2) is 5.79 Å². The van der Waals surface area contributed by atoms with Crippen LogP contribution in [0.3, 0.4) is 0 Å². The summed E-state index contributed by atoms with van der Waals surface area (Å²) in [5, 5.41) is 0. The van der Waals surface area contributed by atoms with E-state index in [1.54, 1.807) is 12.1 Å². The van der Waals surface area contributed by atoms with Gasteiger partial charge in [-0.3, -0.25) is 0 Å². The molecule has 0 radical (unpaired) electrons. The molecule has 1 aromatic rings. The van der Waals surface area contributed by atoms with Crippen LogP contribution < -0.4 is 0 Å². The van der Waals surface area contributed by atoms with Crippen LogP contribution in [0.15, 0.2) is 24.3 Å². The first-order chi connectivity index (χ1) is 14.6. The first-order valence-electron chi connectivity index (χ1n) is 12.6. The van der Waals surface area contributed by atoms with E-state index in [2.05, 4.69) is 27.7 Å². The monoisotopic (exact) mass is 422 g/mol. The smallest absolute Gasteiger partial charge is 0.168 e. The second-order valence-electron chi connectivity index (χ2n) is 8.71. The van der Waals surface area contributed by atoms with Crippen LogP contribution in [0.25, 0.3) is 0 Å². The van der Waals surface area contributed by atoms with Crippen LogP contribution in [-0.4, -0.2) is 19.0 Å². The highest BCUT2D eigenvalue weighted by atomic mass is 19.1. The van der Waals surface area contributed by atoms with E-state index in [1.807, 2.05) is 12.1 Å². The second-order valence-corrected chi connectivity index (χ2v) is 8.71. The molecule has 0 spiro atoms. The Kier molecular flexibility index (Phi) is 15.1. The summed E-state index contributed by atoms with van der Waals surface area (Å²) in [4.78, 5) is 0. The number of hydrogen-bond donors (Lipinski definition) is 0. The molecule has 0 bridgehead atoms. The van der Waals surface area contributed by atoms with E-state index >= 15 is 0 Å². The third kappa shape index (κ3) is 11.5. The highest BCUT2D eigenvalue weighted by molar-refractivity contribution is 5.15. The standard InChI is InChI=1S/C27H47FO2/c1-5-8-9-10-11-15-18-25(27(4,29-6-2)30-7-3)19-16-13-12-14-17-24-20-22-26(28)23-21-24/h20-23,25H,5-19H2,1-4H3. The Bertz CT molecular complexity index is 508. The van der Waals surface area contributed by atoms with E-state index in [0.29, 0.717) is 19.1 Å². The van der Waals surface area contributed by atoms with Gasteiger partial charge in [-0.1, -0.05) is 76.8 Å². The average Bonchev–Trinajstić information content (AvgIpc) is 2.73. The van der Waals surface area contributed by atoms with E-state index < -0.39 is 5.79 Å². The lowest BCUT2D eigenvalue weighted by Gasteiger charge is -2.37. The fourth-order valence-electron chi connectivity index (χ4n) is 4.41. The Morgan fingerprint density at radius 2 is 1.23 bits per heavy atom. The molecule has 0 aliphatic carbocycles. The third-order valence-corrected chi connectivity index (χ3v) is 6.19. The SMILES string of the molecule is CCCCCCCCC(CCCCCCc1ccc(F)cc1)C(C)(OCC)OCC. The third-order valence-electron chi connectivity index (χ3n) is 6.19. The minimum absolute atomic E-state index is 0.151. The largest absolute Gasteiger partial charge is 0.350 e. The van der Waals surface area contributed by atoms with Gasteiger partial charge in [-0.2, -0.15) is 0 Å². The maximum Gasteiger partial charge on any atom is 0.168 e. The lowest BCUT2D eigenvalue weighted by atomic mass is 9.87. The molecule has 0 saturated heterocycles. The normalized spacial score (nSPS) is 13.0. The molecule has 1 unspecified atom stereocenters. The molecule has 0 amide bonds. The Labute approximate surface area is 185 Å². The molecule has 0 aliphatic heterocycles. The lowest BCUT2D eigenvalue weighted by molar-refractivity contribution is -0.254. The van der Waals surface area contributed by atoms with Gasteiger partial charge >= 0.3 is 0 Å². The Morgan fingerprint density at radius 1 is 0.733 bits per heavy atom. The van der Waals surface area contributed by atoms with Gasteiger partial charge in [0.05, 0.1) is 0 Å². The number of ether oxygens (including phenoxy) is 2. The molecule has 0 fully saturated rings. The summed E-state index contributed by atoms with van der Waals surface area (Å²) in [6.07, 6.45) is 16.2. The highest BCUT2D eigenvalue weighted by Gasteiger charge is 2.34. The molecular formula is C27H47FO2. The van der Waals surface area contributed by atoms with Gasteiger partial charge in [0.1, 0.15) is 5.82 Å². The van der Waals surface area contributed by atoms with Crippen LogP contribution in [0.2, 0.25) is 0 Å². The Morgan fingerprint density at radius 3 is 1.77 bits per heavy atom. The van der Waals surface area contributed by atoms with Gasteiger partial charge in [0, 0.05) is 19.1 Å². The van der Waals surface area contributed by atoms with Crippen molar-refractivity contribution in [1.82, 2.24) is 0 Å². The molecule has 174 valence electrons. The van der Waals surface area contributed by atoms with Crippen LogP contribution in [0.4, 0.5) is 4.39 Å².